The van der Waals surface area contributed by atoms with Crippen molar-refractivity contribution < 1.29 is 9.90 Å². The number of nitrogens with one attached hydrogen (secondary N) is 1. The summed E-state index contributed by atoms with van der Waals surface area (Å²) in [4.78, 5) is 16.0. The molecule has 17 heavy (non-hydrogen) atoms. The largest absolute Gasteiger partial charge is 0.396 e. The number of hydrogen-bond acceptors (Lipinski definition) is 4. The molecule has 0 saturated heterocycles. The molecule has 0 fully saturated rings. The maximum Gasteiger partial charge on any atom is 0.251 e. The number of amides is 1. The van der Waals surface area contributed by atoms with Gasteiger partial charge in [-0.25, -0.2) is 4.98 Å². The van der Waals surface area contributed by atoms with Gasteiger partial charge in [0.15, 0.2) is 0 Å². The number of aromatic nitrogens is 1. The van der Waals surface area contributed by atoms with Crippen molar-refractivity contribution in [1.82, 2.24) is 10.3 Å². The van der Waals surface area contributed by atoms with E-state index in [1.54, 1.807) is 30.1 Å². The van der Waals surface area contributed by atoms with Gasteiger partial charge in [-0.15, -0.1) is 11.8 Å². The zero-order chi connectivity index (χ0) is 12.7. The van der Waals surface area contributed by atoms with Crippen molar-refractivity contribution in [2.45, 2.75) is 18.9 Å². The normalized spacial score (nSPS) is 12.2. The smallest absolute Gasteiger partial charge is 0.251 e. The number of carbonyl (C=O) groups excluding carboxylic acids is 1. The van der Waals surface area contributed by atoms with Crippen LogP contribution in [0.1, 0.15) is 24.2 Å². The quantitative estimate of drug-likeness (QED) is 0.756. The van der Waals surface area contributed by atoms with Crippen LogP contribution in [0, 0.1) is 5.92 Å². The SMILES string of the molecule is CCSc1cc(C(=O)NCC(C)CO)ccn1. The molecule has 0 spiro atoms. The first-order valence-electron chi connectivity index (χ1n) is 5.65. The van der Waals surface area contributed by atoms with Crippen LogP contribution in [0.15, 0.2) is 23.4 Å². The van der Waals surface area contributed by atoms with E-state index in [2.05, 4.69) is 10.3 Å². The van der Waals surface area contributed by atoms with Crippen LogP contribution in [0.4, 0.5) is 0 Å². The molecule has 94 valence electrons. The topological polar surface area (TPSA) is 62.2 Å². The molecule has 0 aliphatic carbocycles. The Kier molecular flexibility index (Phi) is 6.00. The molecule has 1 rings (SSSR count). The van der Waals surface area contributed by atoms with Gasteiger partial charge >= 0.3 is 0 Å². The van der Waals surface area contributed by atoms with Crippen molar-refractivity contribution in [1.29, 1.82) is 0 Å². The molecule has 1 heterocycles. The van der Waals surface area contributed by atoms with Gasteiger partial charge in [0.25, 0.3) is 5.91 Å². The molecular weight excluding hydrogens is 236 g/mol. The zero-order valence-corrected chi connectivity index (χ0v) is 11.0. The highest BCUT2D eigenvalue weighted by Gasteiger charge is 2.08. The molecule has 0 bridgehead atoms. The fourth-order valence-corrected chi connectivity index (χ4v) is 1.85. The maximum atomic E-state index is 11.8. The van der Waals surface area contributed by atoms with Gasteiger partial charge in [0.1, 0.15) is 0 Å². The molecule has 0 aliphatic heterocycles. The molecule has 0 saturated carbocycles. The first kappa shape index (κ1) is 14.0. The molecule has 0 radical (unpaired) electrons. The van der Waals surface area contributed by atoms with Crippen LogP contribution >= 0.6 is 11.8 Å². The van der Waals surface area contributed by atoms with Crippen molar-refractivity contribution in [3.05, 3.63) is 23.9 Å². The number of thioether (sulfide) groups is 1. The highest BCUT2D eigenvalue weighted by Crippen LogP contribution is 2.15. The number of nitrogens with zero attached hydrogens (tertiary/aromatic N) is 1. The maximum absolute atomic E-state index is 11.8. The summed E-state index contributed by atoms with van der Waals surface area (Å²) in [6, 6.07) is 3.48. The van der Waals surface area contributed by atoms with Crippen molar-refractivity contribution in [2.24, 2.45) is 5.92 Å². The molecule has 1 unspecified atom stereocenters. The molecule has 2 N–H and O–H groups in total. The lowest BCUT2D eigenvalue weighted by Crippen LogP contribution is -2.29. The van der Waals surface area contributed by atoms with E-state index in [0.29, 0.717) is 12.1 Å². The Morgan fingerprint density at radius 3 is 3.06 bits per heavy atom. The zero-order valence-electron chi connectivity index (χ0n) is 10.1. The number of carbonyl (C=O) groups is 1. The summed E-state index contributed by atoms with van der Waals surface area (Å²) in [5.74, 6) is 0.885. The third-order valence-electron chi connectivity index (χ3n) is 2.21. The monoisotopic (exact) mass is 254 g/mol. The summed E-state index contributed by atoms with van der Waals surface area (Å²) in [5.41, 5.74) is 0.612. The highest BCUT2D eigenvalue weighted by atomic mass is 32.2. The molecule has 4 nitrogen and oxygen atoms in total. The van der Waals surface area contributed by atoms with Gasteiger partial charge in [-0.05, 0) is 23.8 Å². The number of rotatable bonds is 6. The predicted octanol–water partition coefficient (Wildman–Crippen LogP) is 1.55. The van der Waals surface area contributed by atoms with Crippen LogP contribution < -0.4 is 5.32 Å². The average molecular weight is 254 g/mol. The fraction of sp³-hybridized carbons (Fsp3) is 0.500. The van der Waals surface area contributed by atoms with Crippen LogP contribution in [0.2, 0.25) is 0 Å². The summed E-state index contributed by atoms with van der Waals surface area (Å²) in [7, 11) is 0. The number of aliphatic hydroxyl groups excluding tert-OH is 1. The van der Waals surface area contributed by atoms with Crippen LogP contribution in [-0.4, -0.2) is 34.9 Å². The van der Waals surface area contributed by atoms with E-state index in [-0.39, 0.29) is 18.4 Å². The van der Waals surface area contributed by atoms with Gasteiger partial charge in [-0.3, -0.25) is 4.79 Å². The minimum Gasteiger partial charge on any atom is -0.396 e. The Morgan fingerprint density at radius 1 is 1.65 bits per heavy atom. The van der Waals surface area contributed by atoms with Gasteiger partial charge in [0, 0.05) is 24.9 Å². The van der Waals surface area contributed by atoms with Crippen molar-refractivity contribution in [3.8, 4) is 0 Å². The van der Waals surface area contributed by atoms with E-state index in [9.17, 15) is 4.79 Å². The van der Waals surface area contributed by atoms with Gasteiger partial charge < -0.3 is 10.4 Å². The summed E-state index contributed by atoms with van der Waals surface area (Å²) in [6.45, 7) is 4.48. The predicted molar refractivity (Wildman–Crippen MR) is 69.2 cm³/mol. The first-order valence-corrected chi connectivity index (χ1v) is 6.63. The molecule has 1 amide bonds. The summed E-state index contributed by atoms with van der Waals surface area (Å²) in [5, 5.41) is 12.5. The standard InChI is InChI=1S/C12H18N2O2S/c1-3-17-11-6-10(4-5-13-11)12(16)14-7-9(2)8-15/h4-6,9,15H,3,7-8H2,1-2H3,(H,14,16). The lowest BCUT2D eigenvalue weighted by Gasteiger charge is -2.09. The lowest BCUT2D eigenvalue weighted by molar-refractivity contribution is 0.0942. The van der Waals surface area contributed by atoms with Crippen molar-refractivity contribution in [2.75, 3.05) is 18.9 Å². The first-order chi connectivity index (χ1) is 8.17. The Labute approximate surface area is 106 Å². The molecule has 5 heteroatoms. The highest BCUT2D eigenvalue weighted by molar-refractivity contribution is 7.99. The second-order valence-electron chi connectivity index (χ2n) is 3.81. The van der Waals surface area contributed by atoms with E-state index in [4.69, 9.17) is 5.11 Å². The van der Waals surface area contributed by atoms with Crippen molar-refractivity contribution in [3.63, 3.8) is 0 Å². The number of pyridine rings is 1. The average Bonchev–Trinajstić information content (AvgIpc) is 2.36. The number of aliphatic hydroxyl groups is 1. The van der Waals surface area contributed by atoms with Crippen molar-refractivity contribution >= 4 is 17.7 Å². The minimum atomic E-state index is -0.120. The number of hydrogen-bond donors (Lipinski definition) is 2. The summed E-state index contributed by atoms with van der Waals surface area (Å²) < 4.78 is 0. The van der Waals surface area contributed by atoms with Crippen LogP contribution in [0.5, 0.6) is 0 Å². The molecule has 0 aromatic carbocycles. The second kappa shape index (κ2) is 7.29. The second-order valence-corrected chi connectivity index (χ2v) is 5.10. The van der Waals surface area contributed by atoms with Crippen LogP contribution in [0.25, 0.3) is 0 Å². The molecule has 0 aliphatic rings. The van der Waals surface area contributed by atoms with Gasteiger partial charge in [0.2, 0.25) is 0 Å². The Morgan fingerprint density at radius 2 is 2.41 bits per heavy atom. The third-order valence-corrected chi connectivity index (χ3v) is 3.02. The molecule has 1 atom stereocenters. The summed E-state index contributed by atoms with van der Waals surface area (Å²) >= 11 is 1.60. The Bertz CT molecular complexity index is 371. The third kappa shape index (κ3) is 4.75. The summed E-state index contributed by atoms with van der Waals surface area (Å²) in [6.07, 6.45) is 1.64. The minimum absolute atomic E-state index is 0.0743. The van der Waals surface area contributed by atoms with E-state index in [1.165, 1.54) is 0 Å². The Balaban J connectivity index is 2.59. The van der Waals surface area contributed by atoms with E-state index in [1.807, 2.05) is 13.8 Å². The molecule has 1 aromatic heterocycles. The van der Waals surface area contributed by atoms with E-state index >= 15 is 0 Å². The van der Waals surface area contributed by atoms with E-state index < -0.39 is 0 Å². The molecule has 1 aromatic rings. The van der Waals surface area contributed by atoms with Gasteiger partial charge in [-0.2, -0.15) is 0 Å². The van der Waals surface area contributed by atoms with E-state index in [0.717, 1.165) is 10.8 Å². The fourth-order valence-electron chi connectivity index (χ4n) is 1.21. The lowest BCUT2D eigenvalue weighted by atomic mass is 10.2. The van der Waals surface area contributed by atoms with Crippen LogP contribution in [0.3, 0.4) is 0 Å². The van der Waals surface area contributed by atoms with Gasteiger partial charge in [-0.1, -0.05) is 13.8 Å². The van der Waals surface area contributed by atoms with Gasteiger partial charge in [0.05, 0.1) is 5.03 Å². The van der Waals surface area contributed by atoms with Crippen LogP contribution in [-0.2, 0) is 0 Å². The Hall–Kier alpha value is -1.07. The molecular formula is C12H18N2O2S.